The number of rotatable bonds is 7. The van der Waals surface area contributed by atoms with E-state index in [-0.39, 0.29) is 6.04 Å². The van der Waals surface area contributed by atoms with Gasteiger partial charge in [-0.2, -0.15) is 4.98 Å². The van der Waals surface area contributed by atoms with Gasteiger partial charge in [0.15, 0.2) is 5.82 Å². The molecular formula is C18H31N5O2. The number of piperazine rings is 1. The Morgan fingerprint density at radius 1 is 1.08 bits per heavy atom. The second kappa shape index (κ2) is 8.27. The highest BCUT2D eigenvalue weighted by atomic mass is 16.5. The van der Waals surface area contributed by atoms with E-state index in [9.17, 15) is 4.79 Å². The SMILES string of the molecule is CC(C)c1noc([C@H](C)N2CCN(CCCN3CCCC3=O)CC2)n1. The monoisotopic (exact) mass is 349 g/mol. The zero-order chi connectivity index (χ0) is 17.8. The molecule has 0 aliphatic carbocycles. The Morgan fingerprint density at radius 3 is 2.44 bits per heavy atom. The molecule has 2 aliphatic heterocycles. The van der Waals surface area contributed by atoms with E-state index in [0.717, 1.165) is 76.8 Å². The highest BCUT2D eigenvalue weighted by Gasteiger charge is 2.26. The number of nitrogens with zero attached hydrogens (tertiary/aromatic N) is 5. The van der Waals surface area contributed by atoms with Crippen molar-refractivity contribution in [1.29, 1.82) is 0 Å². The van der Waals surface area contributed by atoms with E-state index < -0.39 is 0 Å². The van der Waals surface area contributed by atoms with Gasteiger partial charge in [0.1, 0.15) is 0 Å². The van der Waals surface area contributed by atoms with E-state index in [2.05, 4.69) is 40.7 Å². The minimum atomic E-state index is 0.171. The predicted molar refractivity (Wildman–Crippen MR) is 95.2 cm³/mol. The van der Waals surface area contributed by atoms with Crippen LogP contribution in [0.1, 0.15) is 63.7 Å². The smallest absolute Gasteiger partial charge is 0.243 e. The fourth-order valence-corrected chi connectivity index (χ4v) is 3.61. The molecule has 0 spiro atoms. The molecule has 1 aromatic heterocycles. The van der Waals surface area contributed by atoms with Gasteiger partial charge in [-0.15, -0.1) is 0 Å². The maximum Gasteiger partial charge on any atom is 0.243 e. The molecule has 7 nitrogen and oxygen atoms in total. The fourth-order valence-electron chi connectivity index (χ4n) is 3.61. The standard InChI is InChI=1S/C18H31N5O2/c1-14(2)17-19-18(25-20-17)15(3)22-12-10-21(11-13-22)7-5-9-23-8-4-6-16(23)24/h14-15H,4-13H2,1-3H3/t15-/m0/s1. The van der Waals surface area contributed by atoms with Crippen LogP contribution in [0, 0.1) is 0 Å². The summed E-state index contributed by atoms with van der Waals surface area (Å²) in [5, 5.41) is 4.08. The van der Waals surface area contributed by atoms with Crippen molar-refractivity contribution in [2.75, 3.05) is 45.8 Å². The van der Waals surface area contributed by atoms with Crippen molar-refractivity contribution in [2.24, 2.45) is 0 Å². The number of aromatic nitrogens is 2. The molecule has 1 atom stereocenters. The highest BCUT2D eigenvalue weighted by molar-refractivity contribution is 5.77. The lowest BCUT2D eigenvalue weighted by molar-refractivity contribution is -0.127. The summed E-state index contributed by atoms with van der Waals surface area (Å²) in [4.78, 5) is 23.1. The minimum absolute atomic E-state index is 0.171. The van der Waals surface area contributed by atoms with Crippen LogP contribution < -0.4 is 0 Å². The third-order valence-electron chi connectivity index (χ3n) is 5.36. The molecule has 0 saturated carbocycles. The molecule has 25 heavy (non-hydrogen) atoms. The molecule has 3 heterocycles. The van der Waals surface area contributed by atoms with E-state index in [1.54, 1.807) is 0 Å². The third kappa shape index (κ3) is 4.58. The molecule has 0 bridgehead atoms. The number of amides is 1. The Kier molecular flexibility index (Phi) is 6.06. The Labute approximate surface area is 150 Å². The van der Waals surface area contributed by atoms with Gasteiger partial charge in [-0.05, 0) is 26.3 Å². The summed E-state index contributed by atoms with van der Waals surface area (Å²) >= 11 is 0. The summed E-state index contributed by atoms with van der Waals surface area (Å²) in [6.45, 7) is 13.4. The fraction of sp³-hybridized carbons (Fsp3) is 0.833. The lowest BCUT2D eigenvalue weighted by Crippen LogP contribution is -2.47. The summed E-state index contributed by atoms with van der Waals surface area (Å²) in [6.07, 6.45) is 2.84. The number of hydrogen-bond acceptors (Lipinski definition) is 6. The number of carbonyl (C=O) groups is 1. The van der Waals surface area contributed by atoms with E-state index in [0.29, 0.717) is 11.8 Å². The summed E-state index contributed by atoms with van der Waals surface area (Å²) in [5.74, 6) is 2.14. The molecule has 1 aromatic rings. The summed E-state index contributed by atoms with van der Waals surface area (Å²) in [6, 6.07) is 0.171. The molecule has 2 aliphatic rings. The highest BCUT2D eigenvalue weighted by Crippen LogP contribution is 2.22. The topological polar surface area (TPSA) is 65.7 Å². The van der Waals surface area contributed by atoms with Crippen LogP contribution in [0.4, 0.5) is 0 Å². The first-order valence-electron chi connectivity index (χ1n) is 9.62. The number of carbonyl (C=O) groups excluding carboxylic acids is 1. The minimum Gasteiger partial charge on any atom is -0.343 e. The van der Waals surface area contributed by atoms with Crippen molar-refractivity contribution in [3.8, 4) is 0 Å². The normalized spacial score (nSPS) is 21.4. The van der Waals surface area contributed by atoms with Gasteiger partial charge in [-0.3, -0.25) is 9.69 Å². The first-order valence-corrected chi connectivity index (χ1v) is 9.62. The Morgan fingerprint density at radius 2 is 1.84 bits per heavy atom. The van der Waals surface area contributed by atoms with Crippen molar-refractivity contribution in [1.82, 2.24) is 24.8 Å². The van der Waals surface area contributed by atoms with Crippen LogP contribution >= 0.6 is 0 Å². The van der Waals surface area contributed by atoms with Crippen molar-refractivity contribution in [3.63, 3.8) is 0 Å². The molecule has 0 radical (unpaired) electrons. The molecule has 7 heteroatoms. The predicted octanol–water partition coefficient (Wildman–Crippen LogP) is 1.88. The van der Waals surface area contributed by atoms with Gasteiger partial charge in [-0.1, -0.05) is 19.0 Å². The summed E-state index contributed by atoms with van der Waals surface area (Å²) < 4.78 is 5.45. The molecule has 3 rings (SSSR count). The number of likely N-dealkylation sites (tertiary alicyclic amines) is 1. The Balaban J connectivity index is 1.39. The van der Waals surface area contributed by atoms with Gasteiger partial charge in [0.05, 0.1) is 6.04 Å². The second-order valence-corrected chi connectivity index (χ2v) is 7.54. The Hall–Kier alpha value is -1.47. The van der Waals surface area contributed by atoms with Crippen molar-refractivity contribution < 1.29 is 9.32 Å². The molecule has 2 saturated heterocycles. The second-order valence-electron chi connectivity index (χ2n) is 7.54. The molecular weight excluding hydrogens is 318 g/mol. The molecule has 2 fully saturated rings. The van der Waals surface area contributed by atoms with Crippen molar-refractivity contribution in [2.45, 2.75) is 52.0 Å². The van der Waals surface area contributed by atoms with Crippen LogP contribution in [0.3, 0.4) is 0 Å². The maximum absolute atomic E-state index is 11.6. The van der Waals surface area contributed by atoms with Crippen LogP contribution in [-0.4, -0.2) is 76.6 Å². The molecule has 1 amide bonds. The van der Waals surface area contributed by atoms with E-state index in [1.165, 1.54) is 0 Å². The first-order chi connectivity index (χ1) is 12.0. The molecule has 0 unspecified atom stereocenters. The van der Waals surface area contributed by atoms with Gasteiger partial charge in [0.2, 0.25) is 11.8 Å². The quantitative estimate of drug-likeness (QED) is 0.749. The van der Waals surface area contributed by atoms with Gasteiger partial charge >= 0.3 is 0 Å². The maximum atomic E-state index is 11.6. The molecule has 0 aromatic carbocycles. The van der Waals surface area contributed by atoms with E-state index in [4.69, 9.17) is 4.52 Å². The third-order valence-corrected chi connectivity index (χ3v) is 5.36. The van der Waals surface area contributed by atoms with Crippen LogP contribution in [0.15, 0.2) is 4.52 Å². The summed E-state index contributed by atoms with van der Waals surface area (Å²) in [5.41, 5.74) is 0. The zero-order valence-corrected chi connectivity index (χ0v) is 15.8. The lowest BCUT2D eigenvalue weighted by atomic mass is 10.2. The van der Waals surface area contributed by atoms with E-state index in [1.807, 2.05) is 4.90 Å². The van der Waals surface area contributed by atoms with Crippen molar-refractivity contribution >= 4 is 5.91 Å². The largest absolute Gasteiger partial charge is 0.343 e. The Bertz CT molecular complexity index is 566. The van der Waals surface area contributed by atoms with Crippen LogP contribution in [-0.2, 0) is 4.79 Å². The van der Waals surface area contributed by atoms with Gasteiger partial charge < -0.3 is 14.3 Å². The molecule has 140 valence electrons. The van der Waals surface area contributed by atoms with Crippen LogP contribution in [0.2, 0.25) is 0 Å². The van der Waals surface area contributed by atoms with Gasteiger partial charge in [-0.25, -0.2) is 0 Å². The lowest BCUT2D eigenvalue weighted by Gasteiger charge is -2.37. The van der Waals surface area contributed by atoms with Crippen molar-refractivity contribution in [3.05, 3.63) is 11.7 Å². The summed E-state index contributed by atoms with van der Waals surface area (Å²) in [7, 11) is 0. The molecule has 0 N–H and O–H groups in total. The average molecular weight is 349 g/mol. The van der Waals surface area contributed by atoms with Gasteiger partial charge in [0.25, 0.3) is 0 Å². The zero-order valence-electron chi connectivity index (χ0n) is 15.8. The number of hydrogen-bond donors (Lipinski definition) is 0. The van der Waals surface area contributed by atoms with E-state index >= 15 is 0 Å². The van der Waals surface area contributed by atoms with Gasteiger partial charge in [0, 0.05) is 51.6 Å². The van der Waals surface area contributed by atoms with Crippen LogP contribution in [0.5, 0.6) is 0 Å². The average Bonchev–Trinajstić information content (AvgIpc) is 3.25. The van der Waals surface area contributed by atoms with Crippen LogP contribution in [0.25, 0.3) is 0 Å². The first kappa shape index (κ1) is 18.3.